The molecule has 3 heterocycles. The van der Waals surface area contributed by atoms with E-state index in [2.05, 4.69) is 6.58 Å². The smallest absolute Gasteiger partial charge is 0.334 e. The van der Waals surface area contributed by atoms with E-state index in [-0.39, 0.29) is 23.4 Å². The number of fused-ring (bicyclic) bond motifs is 3. The van der Waals surface area contributed by atoms with E-state index in [0.29, 0.717) is 17.6 Å². The summed E-state index contributed by atoms with van der Waals surface area (Å²) in [5.41, 5.74) is 0.189. The summed E-state index contributed by atoms with van der Waals surface area (Å²) in [6.07, 6.45) is 2.87. The lowest BCUT2D eigenvalue weighted by Gasteiger charge is -2.28. The summed E-state index contributed by atoms with van der Waals surface area (Å²) in [6.45, 7) is 11.5. The highest BCUT2D eigenvalue weighted by Gasteiger charge is 2.66. The monoisotopic (exact) mass is 362 g/mol. The van der Waals surface area contributed by atoms with Crippen LogP contribution in [0.5, 0.6) is 0 Å². The first-order valence-corrected chi connectivity index (χ1v) is 9.28. The summed E-state index contributed by atoms with van der Waals surface area (Å²) in [5.74, 6) is -1.24. The lowest BCUT2D eigenvalue weighted by Crippen LogP contribution is -2.41. The van der Waals surface area contributed by atoms with Crippen LogP contribution in [0.2, 0.25) is 0 Å². The molecule has 0 aromatic carbocycles. The molecule has 142 valence electrons. The number of allylic oxidation sites excluding steroid dienone is 1. The van der Waals surface area contributed by atoms with Crippen molar-refractivity contribution in [1.82, 2.24) is 0 Å². The Bertz CT molecular complexity index is 711. The van der Waals surface area contributed by atoms with Gasteiger partial charge in [0, 0.05) is 17.6 Å². The van der Waals surface area contributed by atoms with Gasteiger partial charge in [0.2, 0.25) is 0 Å². The molecule has 0 aromatic heterocycles. The molecule has 4 rings (SSSR count). The maximum Gasteiger partial charge on any atom is 0.334 e. The Labute approximate surface area is 153 Å². The highest BCUT2D eigenvalue weighted by Crippen LogP contribution is 2.54. The van der Waals surface area contributed by atoms with E-state index >= 15 is 0 Å². The fraction of sp³-hybridized carbons (Fsp3) is 0.700. The van der Waals surface area contributed by atoms with E-state index in [1.54, 1.807) is 19.9 Å². The van der Waals surface area contributed by atoms with Crippen LogP contribution in [0.15, 0.2) is 23.8 Å². The van der Waals surface area contributed by atoms with Gasteiger partial charge in [-0.1, -0.05) is 12.7 Å². The van der Waals surface area contributed by atoms with Gasteiger partial charge in [-0.15, -0.1) is 0 Å². The SMILES string of the molecule is C=C1C(=O)O[C@H]2C[C@@]3(C)O[C@@H]3CC[C@@]3(C)O[C@@H]3[C@@H](OC(=O)/C(C)=C\C)[C@H]12. The minimum Gasteiger partial charge on any atom is -0.458 e. The largest absolute Gasteiger partial charge is 0.458 e. The van der Waals surface area contributed by atoms with Crippen molar-refractivity contribution in [3.8, 4) is 0 Å². The van der Waals surface area contributed by atoms with Gasteiger partial charge in [0.1, 0.15) is 18.3 Å². The minimum atomic E-state index is -0.592. The fourth-order valence-electron chi connectivity index (χ4n) is 4.41. The zero-order chi connectivity index (χ0) is 18.9. The number of esters is 2. The minimum absolute atomic E-state index is 0.154. The molecule has 4 fully saturated rings. The molecule has 0 bridgehead atoms. The Kier molecular flexibility index (Phi) is 3.87. The maximum absolute atomic E-state index is 12.4. The molecule has 3 aliphatic heterocycles. The van der Waals surface area contributed by atoms with Gasteiger partial charge >= 0.3 is 11.9 Å². The van der Waals surface area contributed by atoms with Gasteiger partial charge in [-0.25, -0.2) is 9.59 Å². The summed E-state index contributed by atoms with van der Waals surface area (Å²) in [4.78, 5) is 24.7. The fourth-order valence-corrected chi connectivity index (χ4v) is 4.41. The van der Waals surface area contributed by atoms with Gasteiger partial charge in [0.25, 0.3) is 0 Å². The predicted molar refractivity (Wildman–Crippen MR) is 92.2 cm³/mol. The van der Waals surface area contributed by atoms with Crippen LogP contribution in [-0.4, -0.2) is 47.6 Å². The van der Waals surface area contributed by atoms with Gasteiger partial charge in [-0.2, -0.15) is 0 Å². The Morgan fingerprint density at radius 2 is 2.04 bits per heavy atom. The summed E-state index contributed by atoms with van der Waals surface area (Å²) >= 11 is 0. The molecule has 3 saturated heterocycles. The van der Waals surface area contributed by atoms with Crippen molar-refractivity contribution >= 4 is 11.9 Å². The second kappa shape index (κ2) is 5.67. The van der Waals surface area contributed by atoms with E-state index in [0.717, 1.165) is 12.8 Å². The highest BCUT2D eigenvalue weighted by atomic mass is 16.7. The van der Waals surface area contributed by atoms with Crippen molar-refractivity contribution in [1.29, 1.82) is 0 Å². The molecule has 0 N–H and O–H groups in total. The molecular weight excluding hydrogens is 336 g/mol. The first kappa shape index (κ1) is 17.7. The van der Waals surface area contributed by atoms with Crippen molar-refractivity contribution < 1.29 is 28.5 Å². The number of carbonyl (C=O) groups is 2. The molecule has 26 heavy (non-hydrogen) atoms. The van der Waals surface area contributed by atoms with Crippen LogP contribution < -0.4 is 0 Å². The van der Waals surface area contributed by atoms with Gasteiger partial charge in [0.05, 0.1) is 23.2 Å². The van der Waals surface area contributed by atoms with Crippen molar-refractivity contribution in [2.45, 2.75) is 82.6 Å². The van der Waals surface area contributed by atoms with E-state index in [4.69, 9.17) is 18.9 Å². The topological polar surface area (TPSA) is 77.7 Å². The van der Waals surface area contributed by atoms with Gasteiger partial charge in [-0.05, 0) is 40.5 Å². The zero-order valence-corrected chi connectivity index (χ0v) is 15.7. The Morgan fingerprint density at radius 1 is 1.31 bits per heavy atom. The van der Waals surface area contributed by atoms with Gasteiger partial charge < -0.3 is 18.9 Å². The molecule has 0 aromatic rings. The van der Waals surface area contributed by atoms with Crippen LogP contribution in [-0.2, 0) is 28.5 Å². The number of carbonyl (C=O) groups excluding carboxylic acids is 2. The van der Waals surface area contributed by atoms with Crippen LogP contribution in [0.1, 0.15) is 47.0 Å². The van der Waals surface area contributed by atoms with E-state index in [1.165, 1.54) is 0 Å². The van der Waals surface area contributed by atoms with Crippen molar-refractivity contribution in [2.75, 3.05) is 0 Å². The third-order valence-corrected chi connectivity index (χ3v) is 6.46. The molecule has 7 atom stereocenters. The van der Waals surface area contributed by atoms with E-state index in [9.17, 15) is 9.59 Å². The Morgan fingerprint density at radius 3 is 2.73 bits per heavy atom. The molecule has 0 spiro atoms. The molecule has 1 aliphatic carbocycles. The zero-order valence-electron chi connectivity index (χ0n) is 15.7. The number of ether oxygens (including phenoxy) is 4. The normalized spacial score (nSPS) is 47.2. The highest BCUT2D eigenvalue weighted by molar-refractivity contribution is 5.91. The predicted octanol–water partition coefficient (Wildman–Crippen LogP) is 2.46. The molecule has 0 radical (unpaired) electrons. The number of hydrogen-bond donors (Lipinski definition) is 0. The second-order valence-electron chi connectivity index (χ2n) is 8.35. The first-order valence-electron chi connectivity index (χ1n) is 9.28. The van der Waals surface area contributed by atoms with Crippen LogP contribution in [0, 0.1) is 5.92 Å². The van der Waals surface area contributed by atoms with Crippen molar-refractivity contribution in [2.24, 2.45) is 5.92 Å². The molecular formula is C20H26O6. The summed E-state index contributed by atoms with van der Waals surface area (Å²) < 4.78 is 23.3. The standard InChI is InChI=1S/C20H26O6/c1-6-10(2)17(21)24-15-14-11(3)18(22)23-12(14)9-20(5)13(25-20)7-8-19(4)16(15)26-19/h6,12-16H,3,7-9H2,1-2,4-5H3/b10-6-/t12-,13+,14+,15-,16+,19+,20+/m0/s1. The average molecular weight is 362 g/mol. The molecule has 6 heteroatoms. The third kappa shape index (κ3) is 2.70. The van der Waals surface area contributed by atoms with Gasteiger partial charge in [-0.3, -0.25) is 0 Å². The average Bonchev–Trinajstić information content (AvgIpc) is 3.42. The van der Waals surface area contributed by atoms with Crippen LogP contribution in [0.3, 0.4) is 0 Å². The number of hydrogen-bond acceptors (Lipinski definition) is 6. The van der Waals surface area contributed by atoms with Crippen LogP contribution >= 0.6 is 0 Å². The van der Waals surface area contributed by atoms with Crippen LogP contribution in [0.4, 0.5) is 0 Å². The quantitative estimate of drug-likeness (QED) is 0.427. The molecule has 0 unspecified atom stereocenters. The Balaban J connectivity index is 1.68. The van der Waals surface area contributed by atoms with E-state index < -0.39 is 30.1 Å². The van der Waals surface area contributed by atoms with E-state index in [1.807, 2.05) is 13.8 Å². The molecule has 0 amide bonds. The summed E-state index contributed by atoms with van der Waals surface area (Å²) in [5, 5.41) is 0. The summed E-state index contributed by atoms with van der Waals surface area (Å²) in [6, 6.07) is 0. The van der Waals surface area contributed by atoms with Gasteiger partial charge in [0.15, 0.2) is 0 Å². The first-order chi connectivity index (χ1) is 12.2. The van der Waals surface area contributed by atoms with Crippen molar-refractivity contribution in [3.63, 3.8) is 0 Å². The lowest BCUT2D eigenvalue weighted by molar-refractivity contribution is -0.149. The molecule has 4 aliphatic rings. The second-order valence-corrected chi connectivity index (χ2v) is 8.35. The number of rotatable bonds is 2. The molecule has 1 saturated carbocycles. The molecule has 6 nitrogen and oxygen atoms in total. The maximum atomic E-state index is 12.4. The Hall–Kier alpha value is -1.66. The lowest BCUT2D eigenvalue weighted by atomic mass is 9.79. The van der Waals surface area contributed by atoms with Crippen molar-refractivity contribution in [3.05, 3.63) is 23.8 Å². The summed E-state index contributed by atoms with van der Waals surface area (Å²) in [7, 11) is 0. The number of epoxide rings is 2. The van der Waals surface area contributed by atoms with Crippen LogP contribution in [0.25, 0.3) is 0 Å². The third-order valence-electron chi connectivity index (χ3n) is 6.46.